The molecule has 5 nitrogen and oxygen atoms in total. The van der Waals surface area contributed by atoms with E-state index in [0.717, 1.165) is 16.8 Å². The Morgan fingerprint density at radius 2 is 1.88 bits per heavy atom. The van der Waals surface area contributed by atoms with Crippen molar-refractivity contribution in [3.8, 4) is 11.1 Å². The highest BCUT2D eigenvalue weighted by Crippen LogP contribution is 2.30. The summed E-state index contributed by atoms with van der Waals surface area (Å²) in [6, 6.07) is 5.38. The van der Waals surface area contributed by atoms with E-state index in [0.29, 0.717) is 17.9 Å². The van der Waals surface area contributed by atoms with Gasteiger partial charge in [0.2, 0.25) is 10.0 Å². The number of aromatic nitrogens is 1. The van der Waals surface area contributed by atoms with Crippen LogP contribution in [0.15, 0.2) is 27.6 Å². The predicted molar refractivity (Wildman–Crippen MR) is 95.1 cm³/mol. The van der Waals surface area contributed by atoms with Crippen molar-refractivity contribution in [1.29, 1.82) is 0 Å². The van der Waals surface area contributed by atoms with Gasteiger partial charge in [0.1, 0.15) is 5.76 Å². The second kappa shape index (κ2) is 6.69. The van der Waals surface area contributed by atoms with E-state index in [1.54, 1.807) is 13.0 Å². The van der Waals surface area contributed by atoms with Crippen LogP contribution in [0, 0.1) is 32.6 Å². The second-order valence-corrected chi connectivity index (χ2v) is 8.84. The van der Waals surface area contributed by atoms with Gasteiger partial charge in [0.15, 0.2) is 0 Å². The molecule has 1 heterocycles. The summed E-state index contributed by atoms with van der Waals surface area (Å²) in [5.74, 6) is 0.675. The van der Waals surface area contributed by atoms with Crippen LogP contribution in [0.25, 0.3) is 11.1 Å². The van der Waals surface area contributed by atoms with Crippen LogP contribution in [-0.2, 0) is 10.0 Å². The molecule has 0 unspecified atom stereocenters. The van der Waals surface area contributed by atoms with Crippen molar-refractivity contribution in [3.63, 3.8) is 0 Å². The average Bonchev–Trinajstić information content (AvgIpc) is 2.77. The largest absolute Gasteiger partial charge is 0.361 e. The molecule has 0 saturated heterocycles. The molecular formula is C18H25N2O3S. The number of hydrogen-bond donors (Lipinski definition) is 1. The third-order valence-corrected chi connectivity index (χ3v) is 5.35. The molecule has 1 aromatic heterocycles. The molecule has 2 rings (SSSR count). The molecule has 1 aromatic carbocycles. The number of hydrogen-bond acceptors (Lipinski definition) is 4. The lowest BCUT2D eigenvalue weighted by Gasteiger charge is -2.18. The van der Waals surface area contributed by atoms with Crippen molar-refractivity contribution in [2.75, 3.05) is 6.54 Å². The third kappa shape index (κ3) is 4.24. The quantitative estimate of drug-likeness (QED) is 0.891. The Hall–Kier alpha value is -1.66. The fourth-order valence-corrected chi connectivity index (χ4v) is 3.71. The van der Waals surface area contributed by atoms with E-state index < -0.39 is 10.0 Å². The highest BCUT2D eigenvalue weighted by Gasteiger charge is 2.21. The topological polar surface area (TPSA) is 72.2 Å². The number of aryl methyl sites for hydroxylation is 3. The maximum atomic E-state index is 12.7. The number of nitrogens with one attached hydrogen (secondary N) is 1. The molecule has 0 aliphatic rings. The van der Waals surface area contributed by atoms with Crippen LogP contribution in [0.3, 0.4) is 0 Å². The van der Waals surface area contributed by atoms with Gasteiger partial charge in [-0.3, -0.25) is 0 Å². The lowest BCUT2D eigenvalue weighted by molar-refractivity contribution is 0.393. The van der Waals surface area contributed by atoms with Crippen molar-refractivity contribution in [2.24, 2.45) is 5.41 Å². The molecule has 131 valence electrons. The zero-order valence-electron chi connectivity index (χ0n) is 15.1. The first-order chi connectivity index (χ1) is 11.0. The minimum absolute atomic E-state index is 0.0455. The number of sulfonamides is 1. The van der Waals surface area contributed by atoms with Crippen molar-refractivity contribution in [1.82, 2.24) is 9.88 Å². The Balaban J connectivity index is 2.35. The highest BCUT2D eigenvalue weighted by atomic mass is 32.2. The fourth-order valence-electron chi connectivity index (χ4n) is 2.48. The van der Waals surface area contributed by atoms with Crippen molar-refractivity contribution >= 4 is 10.0 Å². The SMILES string of the molecule is Cc1ccc(-c2c(C)noc2C)cc1S(=O)(=O)NC[CH]C(C)(C)C. The first-order valence-corrected chi connectivity index (χ1v) is 9.37. The summed E-state index contributed by atoms with van der Waals surface area (Å²) in [4.78, 5) is 0.280. The summed E-state index contributed by atoms with van der Waals surface area (Å²) < 4.78 is 33.2. The van der Waals surface area contributed by atoms with Gasteiger partial charge in [-0.05, 0) is 49.8 Å². The zero-order chi connectivity index (χ0) is 18.1. The normalized spacial score (nSPS) is 12.6. The van der Waals surface area contributed by atoms with Crippen LogP contribution in [0.1, 0.15) is 37.8 Å². The Kier molecular flexibility index (Phi) is 5.20. The van der Waals surface area contributed by atoms with E-state index >= 15 is 0 Å². The average molecular weight is 349 g/mol. The van der Waals surface area contributed by atoms with Crippen LogP contribution in [0.5, 0.6) is 0 Å². The Bertz CT molecular complexity index is 811. The van der Waals surface area contributed by atoms with Gasteiger partial charge in [0.25, 0.3) is 0 Å². The summed E-state index contributed by atoms with van der Waals surface area (Å²) in [6.45, 7) is 11.8. The van der Waals surface area contributed by atoms with E-state index in [-0.39, 0.29) is 10.3 Å². The van der Waals surface area contributed by atoms with Crippen LogP contribution >= 0.6 is 0 Å². The van der Waals surface area contributed by atoms with Gasteiger partial charge in [-0.25, -0.2) is 13.1 Å². The molecule has 0 saturated carbocycles. The molecule has 0 amide bonds. The minimum Gasteiger partial charge on any atom is -0.361 e. The van der Waals surface area contributed by atoms with Crippen LogP contribution in [0.4, 0.5) is 0 Å². The molecule has 2 aromatic rings. The van der Waals surface area contributed by atoms with Crippen LogP contribution in [0.2, 0.25) is 0 Å². The smallest absolute Gasteiger partial charge is 0.240 e. The molecule has 0 aliphatic carbocycles. The summed E-state index contributed by atoms with van der Waals surface area (Å²) in [6.07, 6.45) is 1.94. The monoisotopic (exact) mass is 349 g/mol. The van der Waals surface area contributed by atoms with Gasteiger partial charge in [-0.1, -0.05) is 38.1 Å². The van der Waals surface area contributed by atoms with Crippen molar-refractivity contribution in [2.45, 2.75) is 46.4 Å². The molecule has 24 heavy (non-hydrogen) atoms. The van der Waals surface area contributed by atoms with Gasteiger partial charge in [0, 0.05) is 12.1 Å². The summed E-state index contributed by atoms with van der Waals surface area (Å²) in [5.41, 5.74) is 3.03. The fraction of sp³-hybridized carbons (Fsp3) is 0.444. The number of nitrogens with zero attached hydrogens (tertiary/aromatic N) is 1. The molecule has 1 N–H and O–H groups in total. The molecular weight excluding hydrogens is 324 g/mol. The highest BCUT2D eigenvalue weighted by molar-refractivity contribution is 7.89. The lowest BCUT2D eigenvalue weighted by atomic mass is 9.93. The van der Waals surface area contributed by atoms with E-state index in [1.165, 1.54) is 0 Å². The summed E-state index contributed by atoms with van der Waals surface area (Å²) >= 11 is 0. The summed E-state index contributed by atoms with van der Waals surface area (Å²) in [7, 11) is -3.58. The molecule has 0 aliphatic heterocycles. The van der Waals surface area contributed by atoms with E-state index in [9.17, 15) is 8.42 Å². The van der Waals surface area contributed by atoms with Crippen molar-refractivity contribution in [3.05, 3.63) is 41.6 Å². The van der Waals surface area contributed by atoms with Gasteiger partial charge in [0.05, 0.1) is 10.6 Å². The standard InChI is InChI=1S/C18H25N2O3S/c1-12-7-8-15(17-13(2)20-23-14(17)3)11-16(12)24(21,22)19-10-9-18(4,5)6/h7-9,11,19H,10H2,1-6H3. The van der Waals surface area contributed by atoms with E-state index in [4.69, 9.17) is 4.52 Å². The molecule has 1 radical (unpaired) electrons. The number of benzene rings is 1. The van der Waals surface area contributed by atoms with Gasteiger partial charge >= 0.3 is 0 Å². The first-order valence-electron chi connectivity index (χ1n) is 7.89. The van der Waals surface area contributed by atoms with Gasteiger partial charge in [-0.15, -0.1) is 0 Å². The minimum atomic E-state index is -3.58. The predicted octanol–water partition coefficient (Wildman–Crippen LogP) is 3.80. The van der Waals surface area contributed by atoms with Gasteiger partial charge in [-0.2, -0.15) is 0 Å². The zero-order valence-corrected chi connectivity index (χ0v) is 15.9. The van der Waals surface area contributed by atoms with Crippen LogP contribution in [-0.4, -0.2) is 20.1 Å². The van der Waals surface area contributed by atoms with Crippen molar-refractivity contribution < 1.29 is 12.9 Å². The molecule has 6 heteroatoms. The Morgan fingerprint density at radius 3 is 2.42 bits per heavy atom. The lowest BCUT2D eigenvalue weighted by Crippen LogP contribution is -2.28. The maximum Gasteiger partial charge on any atom is 0.240 e. The van der Waals surface area contributed by atoms with Gasteiger partial charge < -0.3 is 4.52 Å². The molecule has 0 bridgehead atoms. The number of rotatable bonds is 5. The maximum absolute atomic E-state index is 12.7. The molecule has 0 fully saturated rings. The third-order valence-electron chi connectivity index (χ3n) is 3.79. The molecule has 0 atom stereocenters. The summed E-state index contributed by atoms with van der Waals surface area (Å²) in [5, 5.41) is 3.94. The molecule has 0 spiro atoms. The Morgan fingerprint density at radius 1 is 1.21 bits per heavy atom. The Labute approximate surface area is 144 Å². The van der Waals surface area contributed by atoms with E-state index in [1.807, 2.05) is 53.2 Å². The van der Waals surface area contributed by atoms with E-state index in [2.05, 4.69) is 9.88 Å². The van der Waals surface area contributed by atoms with Crippen LogP contribution < -0.4 is 4.72 Å². The first kappa shape index (κ1) is 18.7. The second-order valence-electron chi connectivity index (χ2n) is 7.10.